The average molecular weight is 719 g/mol. The van der Waals surface area contributed by atoms with Crippen LogP contribution in [0.2, 0.25) is 0 Å². The molecule has 3 fully saturated rings. The van der Waals surface area contributed by atoms with Gasteiger partial charge in [-0.1, -0.05) is 70.8 Å². The van der Waals surface area contributed by atoms with Crippen molar-refractivity contribution in [1.82, 2.24) is 9.80 Å². The van der Waals surface area contributed by atoms with Gasteiger partial charge in [0.25, 0.3) is 0 Å². The number of carbonyl (C=O) groups is 2. The van der Waals surface area contributed by atoms with Gasteiger partial charge >= 0.3 is 12.1 Å². The molecule has 0 aromatic heterocycles. The normalized spacial score (nSPS) is 34.8. The van der Waals surface area contributed by atoms with Gasteiger partial charge in [0.05, 0.1) is 36.4 Å². The summed E-state index contributed by atoms with van der Waals surface area (Å²) in [5.74, 6) is -0.935. The summed E-state index contributed by atoms with van der Waals surface area (Å²) in [7, 11) is 0. The SMILES string of the molecule is CC[C@@H](O)[C@H](C)[C@@H]1O[C@H]1C[C@](C)(O)/C=C/C=C(\C)[C@@H]1OC(=O)C[C@@H](O)CC[C@](C)(O)[C@H](OC(=O)N2CCN(C3CCCCCC3)CC2)C=C[C@H]1C. The van der Waals surface area contributed by atoms with Gasteiger partial charge in [0.2, 0.25) is 0 Å². The smallest absolute Gasteiger partial charge is 0.410 e. The number of esters is 1. The Hall–Kier alpha value is -2.28. The fourth-order valence-electron chi connectivity index (χ4n) is 7.88. The quantitative estimate of drug-likeness (QED) is 0.0794. The maximum absolute atomic E-state index is 13.5. The highest BCUT2D eigenvalue weighted by Crippen LogP contribution is 2.37. The maximum atomic E-state index is 13.5. The molecule has 0 spiro atoms. The monoisotopic (exact) mass is 718 g/mol. The lowest BCUT2D eigenvalue weighted by Crippen LogP contribution is -2.53. The number of allylic oxidation sites excluding steroid dienone is 2. The van der Waals surface area contributed by atoms with Crippen LogP contribution in [0.3, 0.4) is 0 Å². The van der Waals surface area contributed by atoms with Gasteiger partial charge in [-0.3, -0.25) is 9.69 Å². The summed E-state index contributed by atoms with van der Waals surface area (Å²) in [4.78, 5) is 30.6. The summed E-state index contributed by atoms with van der Waals surface area (Å²) in [6, 6.07) is 0.581. The van der Waals surface area contributed by atoms with Gasteiger partial charge in [-0.15, -0.1) is 0 Å². The first-order chi connectivity index (χ1) is 24.1. The van der Waals surface area contributed by atoms with E-state index >= 15 is 0 Å². The van der Waals surface area contributed by atoms with Crippen molar-refractivity contribution < 1.29 is 44.2 Å². The number of epoxide rings is 1. The van der Waals surface area contributed by atoms with Gasteiger partial charge in [-0.2, -0.15) is 0 Å². The van der Waals surface area contributed by atoms with Crippen LogP contribution in [0.15, 0.2) is 36.0 Å². The summed E-state index contributed by atoms with van der Waals surface area (Å²) in [6.07, 6.45) is 13.4. The van der Waals surface area contributed by atoms with E-state index in [1.165, 1.54) is 38.5 Å². The molecule has 4 aliphatic rings. The number of cyclic esters (lactones) is 1. The molecule has 4 N–H and O–H groups in total. The van der Waals surface area contributed by atoms with E-state index in [2.05, 4.69) is 4.90 Å². The van der Waals surface area contributed by atoms with Crippen LogP contribution in [-0.2, 0) is 19.0 Å². The molecule has 51 heavy (non-hydrogen) atoms. The second-order valence-electron chi connectivity index (χ2n) is 16.2. The average Bonchev–Trinajstić information content (AvgIpc) is 3.89. The zero-order chi connectivity index (χ0) is 37.3. The summed E-state index contributed by atoms with van der Waals surface area (Å²) >= 11 is 0. The van der Waals surface area contributed by atoms with Gasteiger partial charge in [-0.25, -0.2) is 4.79 Å². The number of carbonyl (C=O) groups excluding carboxylic acids is 2. The van der Waals surface area contributed by atoms with Crippen molar-refractivity contribution in [3.05, 3.63) is 36.0 Å². The molecule has 3 heterocycles. The maximum Gasteiger partial charge on any atom is 0.410 e. The number of nitrogens with zero attached hydrogens (tertiary/aromatic N) is 2. The second-order valence-corrected chi connectivity index (χ2v) is 16.2. The minimum atomic E-state index is -1.48. The lowest BCUT2D eigenvalue weighted by molar-refractivity contribution is -0.151. The van der Waals surface area contributed by atoms with Gasteiger partial charge in [0, 0.05) is 50.5 Å². The number of ether oxygens (including phenoxy) is 3. The lowest BCUT2D eigenvalue weighted by Gasteiger charge is -2.40. The minimum Gasteiger partial charge on any atom is -0.457 e. The molecule has 2 saturated heterocycles. The Morgan fingerprint density at radius 1 is 1.14 bits per heavy atom. The van der Waals surface area contributed by atoms with Crippen LogP contribution < -0.4 is 0 Å². The fraction of sp³-hybridized carbons (Fsp3) is 0.800. The molecule has 10 atom stereocenters. The molecule has 0 radical (unpaired) electrons. The van der Waals surface area contributed by atoms with Crippen LogP contribution in [0.5, 0.6) is 0 Å². The summed E-state index contributed by atoms with van der Waals surface area (Å²) in [5.41, 5.74) is -1.92. The van der Waals surface area contributed by atoms with Gasteiger partial charge in [-0.05, 0) is 64.5 Å². The largest absolute Gasteiger partial charge is 0.457 e. The van der Waals surface area contributed by atoms with E-state index in [0.29, 0.717) is 37.5 Å². The van der Waals surface area contributed by atoms with Crippen molar-refractivity contribution in [2.45, 2.75) is 166 Å². The summed E-state index contributed by atoms with van der Waals surface area (Å²) in [5, 5.41) is 43.4. The Morgan fingerprint density at radius 3 is 2.45 bits per heavy atom. The third-order valence-electron chi connectivity index (χ3n) is 11.5. The zero-order valence-electron chi connectivity index (χ0n) is 31.9. The van der Waals surface area contributed by atoms with Crippen LogP contribution in [0.4, 0.5) is 4.79 Å². The molecule has 1 aliphatic carbocycles. The topological polar surface area (TPSA) is 153 Å². The van der Waals surface area contributed by atoms with E-state index in [1.54, 1.807) is 49.1 Å². The minimum absolute atomic E-state index is 0.0102. The Labute approximate surface area is 305 Å². The summed E-state index contributed by atoms with van der Waals surface area (Å²) in [6.45, 7) is 13.7. The first-order valence-electron chi connectivity index (χ1n) is 19.5. The lowest BCUT2D eigenvalue weighted by atomic mass is 9.88. The number of aliphatic hydroxyl groups is 4. The van der Waals surface area contributed by atoms with Crippen molar-refractivity contribution >= 4 is 12.1 Å². The molecular formula is C40H66N2O9. The van der Waals surface area contributed by atoms with Gasteiger partial charge in [0.1, 0.15) is 11.7 Å². The molecular weight excluding hydrogens is 652 g/mol. The van der Waals surface area contributed by atoms with Crippen molar-refractivity contribution in [2.75, 3.05) is 26.2 Å². The number of amides is 1. The number of aliphatic hydroxyl groups excluding tert-OH is 2. The van der Waals surface area contributed by atoms with Crippen LogP contribution >= 0.6 is 0 Å². The molecule has 0 unspecified atom stereocenters. The van der Waals surface area contributed by atoms with E-state index in [0.717, 1.165) is 13.1 Å². The van der Waals surface area contributed by atoms with Crippen LogP contribution in [0.25, 0.3) is 0 Å². The zero-order valence-corrected chi connectivity index (χ0v) is 31.9. The van der Waals surface area contributed by atoms with Gasteiger partial charge < -0.3 is 39.5 Å². The first-order valence-corrected chi connectivity index (χ1v) is 19.5. The molecule has 1 saturated carbocycles. The molecule has 3 aliphatic heterocycles. The number of hydrogen-bond acceptors (Lipinski definition) is 10. The van der Waals surface area contributed by atoms with Crippen molar-refractivity contribution in [3.63, 3.8) is 0 Å². The van der Waals surface area contributed by atoms with E-state index in [1.807, 2.05) is 27.7 Å². The Balaban J connectivity index is 1.42. The predicted molar refractivity (Wildman–Crippen MR) is 196 cm³/mol. The molecule has 11 nitrogen and oxygen atoms in total. The van der Waals surface area contributed by atoms with E-state index in [-0.39, 0.29) is 43.3 Å². The Morgan fingerprint density at radius 2 is 1.80 bits per heavy atom. The third-order valence-corrected chi connectivity index (χ3v) is 11.5. The third kappa shape index (κ3) is 12.4. The predicted octanol–water partition coefficient (Wildman–Crippen LogP) is 5.05. The highest BCUT2D eigenvalue weighted by Gasteiger charge is 2.47. The molecule has 1 amide bonds. The van der Waals surface area contributed by atoms with Gasteiger partial charge in [0.15, 0.2) is 6.10 Å². The molecule has 0 bridgehead atoms. The molecule has 290 valence electrons. The molecule has 4 rings (SSSR count). The van der Waals surface area contributed by atoms with E-state index in [4.69, 9.17) is 14.2 Å². The number of hydrogen-bond donors (Lipinski definition) is 4. The van der Waals surface area contributed by atoms with Crippen molar-refractivity contribution in [1.29, 1.82) is 0 Å². The number of piperazine rings is 1. The highest BCUT2D eigenvalue weighted by molar-refractivity contribution is 5.70. The number of rotatable bonds is 10. The Bertz CT molecular complexity index is 1220. The van der Waals surface area contributed by atoms with Crippen LogP contribution in [0, 0.1) is 11.8 Å². The van der Waals surface area contributed by atoms with Crippen molar-refractivity contribution in [3.8, 4) is 0 Å². The summed E-state index contributed by atoms with van der Waals surface area (Å²) < 4.78 is 17.7. The van der Waals surface area contributed by atoms with Crippen molar-refractivity contribution in [2.24, 2.45) is 11.8 Å². The van der Waals surface area contributed by atoms with Crippen LogP contribution in [0.1, 0.15) is 112 Å². The molecule has 0 aromatic rings. The van der Waals surface area contributed by atoms with E-state index in [9.17, 15) is 30.0 Å². The van der Waals surface area contributed by atoms with Crippen LogP contribution in [-0.4, -0.2) is 122 Å². The van der Waals surface area contributed by atoms with E-state index < -0.39 is 47.7 Å². The molecule has 11 heteroatoms. The highest BCUT2D eigenvalue weighted by atomic mass is 16.6. The standard InChI is InChI=1S/C40H66N2O9/c1-7-32(44)29(4)37-33(49-37)26-39(5,47)19-12-13-27(2)36-28(3)16-17-34(40(6,48)20-18-31(43)25-35(45)51-36)50-38(46)42-23-21-41(22-24-42)30-14-10-8-9-11-15-30/h12-13,16-17,19,28-34,36-37,43-44,47-48H,7-11,14-15,18,20-26H2,1-6H3/b17-16?,19-12+,27-13+/t28-,29+,31+,32-,33+,34-,36+,37+,39-,40+/m1/s1. The second kappa shape index (κ2) is 18.7. The first kappa shape index (κ1) is 41.5. The fourth-order valence-corrected chi connectivity index (χ4v) is 7.88. The Kier molecular flexibility index (Phi) is 15.2. The molecule has 0 aromatic carbocycles.